The highest BCUT2D eigenvalue weighted by Crippen LogP contribution is 2.28. The first-order valence-electron chi connectivity index (χ1n) is 8.34. The minimum atomic E-state index is 0.378. The van der Waals surface area contributed by atoms with Crippen molar-refractivity contribution in [1.82, 2.24) is 19.8 Å². The summed E-state index contributed by atoms with van der Waals surface area (Å²) in [5, 5.41) is 4.33. The Morgan fingerprint density at radius 1 is 1.36 bits per heavy atom. The van der Waals surface area contributed by atoms with Crippen molar-refractivity contribution >= 4 is 22.6 Å². The molecule has 0 spiro atoms. The van der Waals surface area contributed by atoms with Crippen molar-refractivity contribution in [2.75, 3.05) is 26.2 Å². The topological polar surface area (TPSA) is 33.1 Å². The van der Waals surface area contributed by atoms with Crippen LogP contribution in [0.1, 0.15) is 38.6 Å². The van der Waals surface area contributed by atoms with Gasteiger partial charge in [0, 0.05) is 18.1 Å². The summed E-state index contributed by atoms with van der Waals surface area (Å²) in [6, 6.07) is 6.42. The van der Waals surface area contributed by atoms with Gasteiger partial charge in [-0.1, -0.05) is 25.4 Å². The number of nitrogens with zero attached hydrogens (tertiary/aromatic N) is 3. The van der Waals surface area contributed by atoms with Gasteiger partial charge in [-0.15, -0.1) is 0 Å². The Balaban J connectivity index is 1.94. The number of fused-ring (bicyclic) bond motifs is 1. The van der Waals surface area contributed by atoms with E-state index in [1.165, 1.54) is 24.2 Å². The molecule has 3 rings (SSSR count). The fourth-order valence-electron chi connectivity index (χ4n) is 3.31. The van der Waals surface area contributed by atoms with E-state index in [1.807, 2.05) is 12.1 Å². The molecule has 0 saturated carbocycles. The minimum Gasteiger partial charge on any atom is -0.325 e. The predicted octanol–water partition coefficient (Wildman–Crippen LogP) is 3.46. The number of likely N-dealkylation sites (N-methyl/N-ethyl adjacent to an activating group) is 1. The third kappa shape index (κ3) is 3.14. The molecule has 0 amide bonds. The number of nitrogens with one attached hydrogen (secondary N) is 1. The van der Waals surface area contributed by atoms with Crippen LogP contribution in [0.5, 0.6) is 0 Å². The minimum absolute atomic E-state index is 0.378. The molecule has 1 unspecified atom stereocenters. The number of aromatic nitrogens is 2. The van der Waals surface area contributed by atoms with Crippen LogP contribution in [0.15, 0.2) is 18.2 Å². The summed E-state index contributed by atoms with van der Waals surface area (Å²) in [6.45, 7) is 9.74. The lowest BCUT2D eigenvalue weighted by Gasteiger charge is -2.20. The zero-order chi connectivity index (χ0) is 15.5. The third-order valence-electron chi connectivity index (χ3n) is 4.65. The lowest BCUT2D eigenvalue weighted by molar-refractivity contribution is 0.289. The molecule has 22 heavy (non-hydrogen) atoms. The van der Waals surface area contributed by atoms with Gasteiger partial charge < -0.3 is 14.8 Å². The maximum Gasteiger partial charge on any atom is 0.127 e. The molecule has 1 aliphatic rings. The number of rotatable bonds is 6. The molecule has 1 aromatic carbocycles. The van der Waals surface area contributed by atoms with Crippen molar-refractivity contribution in [2.45, 2.75) is 39.3 Å². The molecule has 4 nitrogen and oxygen atoms in total. The molecule has 1 aromatic heterocycles. The number of halogens is 1. The molecule has 2 heterocycles. The van der Waals surface area contributed by atoms with Crippen molar-refractivity contribution in [2.24, 2.45) is 0 Å². The number of benzene rings is 1. The molecule has 1 saturated heterocycles. The van der Waals surface area contributed by atoms with Crippen LogP contribution in [0.2, 0.25) is 5.02 Å². The lowest BCUT2D eigenvalue weighted by atomic mass is 10.2. The molecule has 1 atom stereocenters. The normalized spacial score (nSPS) is 18.6. The van der Waals surface area contributed by atoms with Crippen LogP contribution in [-0.4, -0.2) is 40.6 Å². The second-order valence-electron chi connectivity index (χ2n) is 5.93. The molecular weight excluding hydrogens is 296 g/mol. The summed E-state index contributed by atoms with van der Waals surface area (Å²) in [7, 11) is 0. The van der Waals surface area contributed by atoms with Crippen LogP contribution in [0, 0.1) is 0 Å². The first-order valence-corrected chi connectivity index (χ1v) is 8.72. The van der Waals surface area contributed by atoms with Crippen LogP contribution < -0.4 is 5.32 Å². The summed E-state index contributed by atoms with van der Waals surface area (Å²) >= 11 is 6.14. The molecule has 5 heteroatoms. The van der Waals surface area contributed by atoms with Gasteiger partial charge >= 0.3 is 0 Å². The average Bonchev–Trinajstić information content (AvgIpc) is 3.15. The van der Waals surface area contributed by atoms with Gasteiger partial charge in [-0.3, -0.25) is 0 Å². The van der Waals surface area contributed by atoms with E-state index < -0.39 is 0 Å². The predicted molar refractivity (Wildman–Crippen MR) is 92.5 cm³/mol. The molecule has 0 radical (unpaired) electrons. The smallest absolute Gasteiger partial charge is 0.127 e. The van der Waals surface area contributed by atoms with E-state index in [-0.39, 0.29) is 0 Å². The maximum absolute atomic E-state index is 6.14. The molecule has 2 aromatic rings. The quantitative estimate of drug-likeness (QED) is 0.885. The van der Waals surface area contributed by atoms with Gasteiger partial charge in [-0.2, -0.15) is 0 Å². The van der Waals surface area contributed by atoms with Gasteiger partial charge in [0.25, 0.3) is 0 Å². The van der Waals surface area contributed by atoms with Crippen LogP contribution in [0.25, 0.3) is 11.0 Å². The van der Waals surface area contributed by atoms with E-state index in [2.05, 4.69) is 34.7 Å². The molecule has 1 aliphatic heterocycles. The highest BCUT2D eigenvalue weighted by Gasteiger charge is 2.23. The lowest BCUT2D eigenvalue weighted by Crippen LogP contribution is -2.28. The van der Waals surface area contributed by atoms with Crippen molar-refractivity contribution in [3.05, 3.63) is 29.0 Å². The zero-order valence-electron chi connectivity index (χ0n) is 13.5. The van der Waals surface area contributed by atoms with Gasteiger partial charge in [-0.25, -0.2) is 4.98 Å². The maximum atomic E-state index is 6.14. The summed E-state index contributed by atoms with van der Waals surface area (Å²) in [5.41, 5.74) is 2.20. The number of hydrogen-bond acceptors (Lipinski definition) is 3. The molecular formula is C17H25ClN4. The van der Waals surface area contributed by atoms with Crippen LogP contribution in [-0.2, 0) is 6.54 Å². The third-order valence-corrected chi connectivity index (χ3v) is 4.88. The largest absolute Gasteiger partial charge is 0.325 e. The van der Waals surface area contributed by atoms with E-state index in [0.29, 0.717) is 6.04 Å². The number of imidazole rings is 1. The van der Waals surface area contributed by atoms with E-state index in [4.69, 9.17) is 16.6 Å². The van der Waals surface area contributed by atoms with E-state index >= 15 is 0 Å². The highest BCUT2D eigenvalue weighted by atomic mass is 35.5. The molecule has 120 valence electrons. The van der Waals surface area contributed by atoms with E-state index in [1.54, 1.807) is 0 Å². The first kappa shape index (κ1) is 15.8. The Morgan fingerprint density at radius 2 is 2.18 bits per heavy atom. The Labute approximate surface area is 137 Å². The van der Waals surface area contributed by atoms with Gasteiger partial charge in [-0.05, 0) is 50.7 Å². The fraction of sp³-hybridized carbons (Fsp3) is 0.588. The Hall–Kier alpha value is -1.10. The van der Waals surface area contributed by atoms with Gasteiger partial charge in [0.1, 0.15) is 5.82 Å². The Kier molecular flexibility index (Phi) is 5.01. The SMILES string of the molecule is CCN(CC)CCn1c(C2CCCN2)nc2cc(Cl)ccc21. The van der Waals surface area contributed by atoms with E-state index in [0.717, 1.165) is 43.3 Å². The standard InChI is InChI=1S/C17H25ClN4/c1-3-21(4-2)10-11-22-16-8-7-13(18)12-15(16)20-17(22)14-6-5-9-19-14/h7-8,12,14,19H,3-6,9-11H2,1-2H3. The summed E-state index contributed by atoms with van der Waals surface area (Å²) in [4.78, 5) is 7.33. The molecule has 0 bridgehead atoms. The molecule has 1 fully saturated rings. The molecule has 0 aliphatic carbocycles. The summed E-state index contributed by atoms with van der Waals surface area (Å²) in [5.74, 6) is 1.17. The van der Waals surface area contributed by atoms with Crippen LogP contribution in [0.4, 0.5) is 0 Å². The van der Waals surface area contributed by atoms with Gasteiger partial charge in [0.15, 0.2) is 0 Å². The second kappa shape index (κ2) is 6.99. The van der Waals surface area contributed by atoms with Gasteiger partial charge in [0.2, 0.25) is 0 Å². The van der Waals surface area contributed by atoms with Crippen molar-refractivity contribution in [1.29, 1.82) is 0 Å². The first-order chi connectivity index (χ1) is 10.7. The summed E-state index contributed by atoms with van der Waals surface area (Å²) < 4.78 is 2.38. The highest BCUT2D eigenvalue weighted by molar-refractivity contribution is 6.31. The zero-order valence-corrected chi connectivity index (χ0v) is 14.2. The van der Waals surface area contributed by atoms with Crippen LogP contribution >= 0.6 is 11.6 Å². The molecule has 1 N–H and O–H groups in total. The van der Waals surface area contributed by atoms with Crippen LogP contribution in [0.3, 0.4) is 0 Å². The van der Waals surface area contributed by atoms with Crippen molar-refractivity contribution in [3.63, 3.8) is 0 Å². The monoisotopic (exact) mass is 320 g/mol. The van der Waals surface area contributed by atoms with Crippen molar-refractivity contribution < 1.29 is 0 Å². The average molecular weight is 321 g/mol. The Morgan fingerprint density at radius 3 is 2.86 bits per heavy atom. The van der Waals surface area contributed by atoms with E-state index in [9.17, 15) is 0 Å². The summed E-state index contributed by atoms with van der Waals surface area (Å²) in [6.07, 6.45) is 2.40. The van der Waals surface area contributed by atoms with Gasteiger partial charge in [0.05, 0.1) is 17.1 Å². The second-order valence-corrected chi connectivity index (χ2v) is 6.37. The fourth-order valence-corrected chi connectivity index (χ4v) is 3.48. The Bertz CT molecular complexity index is 627. The van der Waals surface area contributed by atoms with Crippen molar-refractivity contribution in [3.8, 4) is 0 Å². The number of hydrogen-bond donors (Lipinski definition) is 1.